The van der Waals surface area contributed by atoms with Crippen LogP contribution in [0.25, 0.3) is 22.6 Å². The van der Waals surface area contributed by atoms with Crippen molar-refractivity contribution in [2.24, 2.45) is 0 Å². The molecule has 0 fully saturated rings. The van der Waals surface area contributed by atoms with Crippen molar-refractivity contribution in [2.75, 3.05) is 13.7 Å². The topological polar surface area (TPSA) is 70.3 Å². The first-order chi connectivity index (χ1) is 12.2. The molecule has 0 atom stereocenters. The Morgan fingerprint density at radius 2 is 1.80 bits per heavy atom. The highest BCUT2D eigenvalue weighted by atomic mass is 16.5. The molecular weight excluding hydrogens is 318 g/mol. The SMILES string of the molecule is CCCc1nc(-c2ccc(-c3ccc(OC)cc3)nc2OCC)no1. The first kappa shape index (κ1) is 17.0. The lowest BCUT2D eigenvalue weighted by Gasteiger charge is -2.09. The highest BCUT2D eigenvalue weighted by Crippen LogP contribution is 2.30. The van der Waals surface area contributed by atoms with Gasteiger partial charge in [-0.1, -0.05) is 12.1 Å². The number of ether oxygens (including phenoxy) is 2. The average molecular weight is 339 g/mol. The van der Waals surface area contributed by atoms with Gasteiger partial charge in [0.15, 0.2) is 0 Å². The van der Waals surface area contributed by atoms with E-state index in [1.165, 1.54) is 0 Å². The summed E-state index contributed by atoms with van der Waals surface area (Å²) in [4.78, 5) is 9.06. The second kappa shape index (κ2) is 7.79. The molecule has 130 valence electrons. The molecule has 0 amide bonds. The van der Waals surface area contributed by atoms with Crippen LogP contribution in [0.15, 0.2) is 40.9 Å². The van der Waals surface area contributed by atoms with Gasteiger partial charge in [-0.2, -0.15) is 4.98 Å². The fraction of sp³-hybridized carbons (Fsp3) is 0.316. The van der Waals surface area contributed by atoms with Gasteiger partial charge < -0.3 is 14.0 Å². The van der Waals surface area contributed by atoms with Crippen LogP contribution in [0, 0.1) is 0 Å². The summed E-state index contributed by atoms with van der Waals surface area (Å²) >= 11 is 0. The standard InChI is InChI=1S/C19H21N3O3/c1-4-6-17-21-18(22-25-17)15-11-12-16(20-19(15)24-5-2)13-7-9-14(23-3)10-8-13/h7-12H,4-6H2,1-3H3. The Bertz CT molecular complexity index is 828. The van der Waals surface area contributed by atoms with Crippen molar-refractivity contribution in [3.8, 4) is 34.3 Å². The number of nitrogens with zero attached hydrogens (tertiary/aromatic N) is 3. The lowest BCUT2D eigenvalue weighted by Crippen LogP contribution is -1.99. The van der Waals surface area contributed by atoms with Crippen LogP contribution in [-0.4, -0.2) is 28.8 Å². The molecule has 3 rings (SSSR count). The molecule has 2 aromatic heterocycles. The maximum atomic E-state index is 5.71. The van der Waals surface area contributed by atoms with Gasteiger partial charge in [0.1, 0.15) is 5.75 Å². The Hall–Kier alpha value is -2.89. The van der Waals surface area contributed by atoms with E-state index in [9.17, 15) is 0 Å². The summed E-state index contributed by atoms with van der Waals surface area (Å²) in [5, 5.41) is 4.05. The van der Waals surface area contributed by atoms with E-state index in [0.29, 0.717) is 24.2 Å². The van der Waals surface area contributed by atoms with Crippen LogP contribution in [0.4, 0.5) is 0 Å². The van der Waals surface area contributed by atoms with Gasteiger partial charge in [-0.05, 0) is 49.7 Å². The molecular formula is C19H21N3O3. The Morgan fingerprint density at radius 3 is 2.48 bits per heavy atom. The highest BCUT2D eigenvalue weighted by molar-refractivity contribution is 5.68. The molecule has 25 heavy (non-hydrogen) atoms. The molecule has 0 aliphatic carbocycles. The van der Waals surface area contributed by atoms with Gasteiger partial charge in [-0.25, -0.2) is 4.98 Å². The van der Waals surface area contributed by atoms with Crippen LogP contribution in [0.3, 0.4) is 0 Å². The van der Waals surface area contributed by atoms with Gasteiger partial charge in [-0.3, -0.25) is 0 Å². The van der Waals surface area contributed by atoms with Crippen LogP contribution in [0.2, 0.25) is 0 Å². The first-order valence-corrected chi connectivity index (χ1v) is 8.36. The fourth-order valence-electron chi connectivity index (χ4n) is 2.46. The largest absolute Gasteiger partial charge is 0.497 e. The first-order valence-electron chi connectivity index (χ1n) is 8.36. The van der Waals surface area contributed by atoms with Gasteiger partial charge in [0.2, 0.25) is 17.6 Å². The van der Waals surface area contributed by atoms with E-state index in [1.807, 2.05) is 43.3 Å². The van der Waals surface area contributed by atoms with Crippen LogP contribution >= 0.6 is 0 Å². The van der Waals surface area contributed by atoms with Crippen molar-refractivity contribution >= 4 is 0 Å². The molecule has 1 aromatic carbocycles. The Labute approximate surface area is 146 Å². The van der Waals surface area contributed by atoms with Gasteiger partial charge in [0.05, 0.1) is 25.0 Å². The summed E-state index contributed by atoms with van der Waals surface area (Å²) in [5.41, 5.74) is 2.52. The minimum absolute atomic E-state index is 0.500. The number of aromatic nitrogens is 3. The zero-order valence-electron chi connectivity index (χ0n) is 14.7. The lowest BCUT2D eigenvalue weighted by atomic mass is 10.1. The molecule has 0 radical (unpaired) electrons. The van der Waals surface area contributed by atoms with Crippen LogP contribution in [0.1, 0.15) is 26.2 Å². The maximum Gasteiger partial charge on any atom is 0.226 e. The van der Waals surface area contributed by atoms with E-state index in [1.54, 1.807) is 7.11 Å². The minimum Gasteiger partial charge on any atom is -0.497 e. The average Bonchev–Trinajstić information content (AvgIpc) is 3.11. The van der Waals surface area contributed by atoms with Gasteiger partial charge in [-0.15, -0.1) is 0 Å². The molecule has 0 N–H and O–H groups in total. The molecule has 6 nitrogen and oxygen atoms in total. The number of methoxy groups -OCH3 is 1. The molecule has 0 bridgehead atoms. The third-order valence-corrected chi connectivity index (χ3v) is 3.70. The maximum absolute atomic E-state index is 5.71. The van der Waals surface area contributed by atoms with Gasteiger partial charge in [0, 0.05) is 12.0 Å². The van der Waals surface area contributed by atoms with Crippen molar-refractivity contribution in [1.82, 2.24) is 15.1 Å². The van der Waals surface area contributed by atoms with Crippen molar-refractivity contribution < 1.29 is 14.0 Å². The molecule has 0 aliphatic heterocycles. The highest BCUT2D eigenvalue weighted by Gasteiger charge is 2.16. The summed E-state index contributed by atoms with van der Waals surface area (Å²) < 4.78 is 16.2. The molecule has 0 unspecified atom stereocenters. The quantitative estimate of drug-likeness (QED) is 0.644. The number of hydrogen-bond donors (Lipinski definition) is 0. The molecule has 0 saturated carbocycles. The Balaban J connectivity index is 1.96. The van der Waals surface area contributed by atoms with Crippen molar-refractivity contribution in [1.29, 1.82) is 0 Å². The number of pyridine rings is 1. The summed E-state index contributed by atoms with van der Waals surface area (Å²) in [5.74, 6) is 2.43. The van der Waals surface area contributed by atoms with Gasteiger partial charge in [0.25, 0.3) is 0 Å². The Morgan fingerprint density at radius 1 is 1.00 bits per heavy atom. The van der Waals surface area contributed by atoms with E-state index in [2.05, 4.69) is 22.0 Å². The van der Waals surface area contributed by atoms with E-state index < -0.39 is 0 Å². The molecule has 3 aromatic rings. The summed E-state index contributed by atoms with van der Waals surface area (Å²) in [7, 11) is 1.65. The van der Waals surface area contributed by atoms with Crippen LogP contribution < -0.4 is 9.47 Å². The van der Waals surface area contributed by atoms with Crippen molar-refractivity contribution in [3.63, 3.8) is 0 Å². The van der Waals surface area contributed by atoms with Crippen LogP contribution in [-0.2, 0) is 6.42 Å². The second-order valence-corrected chi connectivity index (χ2v) is 5.47. The summed E-state index contributed by atoms with van der Waals surface area (Å²) in [6.45, 7) is 4.50. The third kappa shape index (κ3) is 3.79. The number of rotatable bonds is 7. The minimum atomic E-state index is 0.500. The smallest absolute Gasteiger partial charge is 0.226 e. The molecule has 0 saturated heterocycles. The predicted octanol–water partition coefficient (Wildman–Crippen LogP) is 4.16. The Kier molecular flexibility index (Phi) is 5.28. The zero-order chi connectivity index (χ0) is 17.6. The zero-order valence-corrected chi connectivity index (χ0v) is 14.7. The number of benzene rings is 1. The van der Waals surface area contributed by atoms with Crippen LogP contribution in [0.5, 0.6) is 11.6 Å². The van der Waals surface area contributed by atoms with E-state index in [4.69, 9.17) is 14.0 Å². The van der Waals surface area contributed by atoms with Gasteiger partial charge >= 0.3 is 0 Å². The summed E-state index contributed by atoms with van der Waals surface area (Å²) in [6.07, 6.45) is 1.71. The van der Waals surface area contributed by atoms with Crippen molar-refractivity contribution in [3.05, 3.63) is 42.3 Å². The second-order valence-electron chi connectivity index (χ2n) is 5.47. The predicted molar refractivity (Wildman–Crippen MR) is 94.7 cm³/mol. The van der Waals surface area contributed by atoms with E-state index in [0.717, 1.165) is 35.4 Å². The lowest BCUT2D eigenvalue weighted by molar-refractivity contribution is 0.328. The summed E-state index contributed by atoms with van der Waals surface area (Å²) in [6, 6.07) is 11.6. The fourth-order valence-corrected chi connectivity index (χ4v) is 2.46. The number of aryl methyl sites for hydroxylation is 1. The molecule has 0 spiro atoms. The monoisotopic (exact) mass is 339 g/mol. The number of hydrogen-bond acceptors (Lipinski definition) is 6. The van der Waals surface area contributed by atoms with E-state index >= 15 is 0 Å². The van der Waals surface area contributed by atoms with E-state index in [-0.39, 0.29) is 0 Å². The third-order valence-electron chi connectivity index (χ3n) is 3.70. The van der Waals surface area contributed by atoms with Crippen molar-refractivity contribution in [2.45, 2.75) is 26.7 Å². The molecule has 6 heteroatoms. The molecule has 2 heterocycles. The normalized spacial score (nSPS) is 10.7. The molecule has 0 aliphatic rings.